The SMILES string of the molecule is O=Cc1ncn(-c2ccc[nH]c2=O)n1. The Balaban J connectivity index is 2.55. The van der Waals surface area contributed by atoms with Crippen molar-refractivity contribution in [2.24, 2.45) is 0 Å². The molecule has 0 fully saturated rings. The first-order valence-electron chi connectivity index (χ1n) is 3.86. The van der Waals surface area contributed by atoms with Crippen molar-refractivity contribution in [3.63, 3.8) is 0 Å². The molecule has 0 bridgehead atoms. The fraction of sp³-hybridized carbons (Fsp3) is 0. The maximum absolute atomic E-state index is 11.3. The monoisotopic (exact) mass is 190 g/mol. The van der Waals surface area contributed by atoms with Crippen LogP contribution in [-0.4, -0.2) is 26.0 Å². The van der Waals surface area contributed by atoms with Gasteiger partial charge in [0.25, 0.3) is 5.56 Å². The Bertz CT molecular complexity index is 514. The Kier molecular flexibility index (Phi) is 1.94. The van der Waals surface area contributed by atoms with Gasteiger partial charge in [-0.2, -0.15) is 0 Å². The lowest BCUT2D eigenvalue weighted by Crippen LogP contribution is -2.13. The van der Waals surface area contributed by atoms with Crippen molar-refractivity contribution in [2.45, 2.75) is 0 Å². The molecule has 0 amide bonds. The van der Waals surface area contributed by atoms with Gasteiger partial charge in [-0.1, -0.05) is 0 Å². The van der Waals surface area contributed by atoms with Crippen LogP contribution in [0.5, 0.6) is 0 Å². The highest BCUT2D eigenvalue weighted by Gasteiger charge is 2.03. The van der Waals surface area contributed by atoms with Crippen molar-refractivity contribution in [1.29, 1.82) is 0 Å². The predicted molar refractivity (Wildman–Crippen MR) is 47.4 cm³/mol. The molecule has 0 aliphatic carbocycles. The van der Waals surface area contributed by atoms with E-state index in [1.807, 2.05) is 0 Å². The molecule has 0 saturated carbocycles. The van der Waals surface area contributed by atoms with Crippen LogP contribution >= 0.6 is 0 Å². The lowest BCUT2D eigenvalue weighted by molar-refractivity contribution is 0.111. The average Bonchev–Trinajstić information content (AvgIpc) is 2.67. The second-order valence-electron chi connectivity index (χ2n) is 2.55. The third kappa shape index (κ3) is 1.33. The van der Waals surface area contributed by atoms with Gasteiger partial charge in [-0.3, -0.25) is 9.59 Å². The van der Waals surface area contributed by atoms with Crippen LogP contribution in [0.3, 0.4) is 0 Å². The number of aromatic amines is 1. The highest BCUT2D eigenvalue weighted by atomic mass is 16.1. The Morgan fingerprint density at radius 2 is 2.36 bits per heavy atom. The Hall–Kier alpha value is -2.24. The molecule has 2 rings (SSSR count). The molecule has 14 heavy (non-hydrogen) atoms. The lowest BCUT2D eigenvalue weighted by atomic mass is 10.4. The fourth-order valence-electron chi connectivity index (χ4n) is 1.04. The maximum Gasteiger partial charge on any atom is 0.273 e. The summed E-state index contributed by atoms with van der Waals surface area (Å²) >= 11 is 0. The van der Waals surface area contributed by atoms with Crippen LogP contribution in [0, 0.1) is 0 Å². The van der Waals surface area contributed by atoms with E-state index in [0.29, 0.717) is 12.0 Å². The largest absolute Gasteiger partial charge is 0.327 e. The number of hydrogen-bond acceptors (Lipinski definition) is 4. The van der Waals surface area contributed by atoms with Crippen LogP contribution in [0.2, 0.25) is 0 Å². The number of rotatable bonds is 2. The van der Waals surface area contributed by atoms with E-state index in [-0.39, 0.29) is 11.4 Å². The number of carbonyl (C=O) groups is 1. The Morgan fingerprint density at radius 3 is 3.00 bits per heavy atom. The molecule has 2 aromatic rings. The minimum atomic E-state index is -0.283. The van der Waals surface area contributed by atoms with Crippen molar-refractivity contribution in [3.8, 4) is 5.69 Å². The lowest BCUT2D eigenvalue weighted by Gasteiger charge is -1.95. The van der Waals surface area contributed by atoms with E-state index >= 15 is 0 Å². The van der Waals surface area contributed by atoms with Gasteiger partial charge in [0.15, 0.2) is 6.29 Å². The second kappa shape index (κ2) is 3.25. The number of hydrogen-bond donors (Lipinski definition) is 1. The number of nitrogens with zero attached hydrogens (tertiary/aromatic N) is 3. The summed E-state index contributed by atoms with van der Waals surface area (Å²) in [5, 5.41) is 3.78. The summed E-state index contributed by atoms with van der Waals surface area (Å²) in [4.78, 5) is 27.8. The summed E-state index contributed by atoms with van der Waals surface area (Å²) in [5.41, 5.74) is 0.0444. The van der Waals surface area contributed by atoms with E-state index in [1.165, 1.54) is 17.2 Å². The van der Waals surface area contributed by atoms with E-state index in [0.717, 1.165) is 0 Å². The van der Waals surface area contributed by atoms with E-state index in [1.54, 1.807) is 12.1 Å². The summed E-state index contributed by atoms with van der Waals surface area (Å²) in [6.07, 6.45) is 3.35. The first kappa shape index (κ1) is 8.36. The normalized spacial score (nSPS) is 10.0. The van der Waals surface area contributed by atoms with Crippen molar-refractivity contribution in [1.82, 2.24) is 19.7 Å². The van der Waals surface area contributed by atoms with Gasteiger partial charge >= 0.3 is 0 Å². The van der Waals surface area contributed by atoms with Crippen molar-refractivity contribution in [2.75, 3.05) is 0 Å². The molecule has 0 unspecified atom stereocenters. The molecule has 6 nitrogen and oxygen atoms in total. The Labute approximate surface area is 78.2 Å². The first-order chi connectivity index (χ1) is 6.81. The maximum atomic E-state index is 11.3. The van der Waals surface area contributed by atoms with Crippen molar-refractivity contribution >= 4 is 6.29 Å². The molecule has 6 heteroatoms. The van der Waals surface area contributed by atoms with Crippen LogP contribution < -0.4 is 5.56 Å². The smallest absolute Gasteiger partial charge is 0.273 e. The first-order valence-corrected chi connectivity index (χ1v) is 3.86. The van der Waals surface area contributed by atoms with Crippen LogP contribution in [0.15, 0.2) is 29.5 Å². The number of carbonyl (C=O) groups excluding carboxylic acids is 1. The number of aldehydes is 1. The number of aromatic nitrogens is 4. The molecule has 0 aliphatic rings. The highest BCUT2D eigenvalue weighted by molar-refractivity contribution is 5.68. The molecule has 0 atom stereocenters. The third-order valence-electron chi connectivity index (χ3n) is 1.66. The second-order valence-corrected chi connectivity index (χ2v) is 2.55. The number of H-pyrrole nitrogens is 1. The molecule has 2 aromatic heterocycles. The third-order valence-corrected chi connectivity index (χ3v) is 1.66. The van der Waals surface area contributed by atoms with Gasteiger partial charge in [0.1, 0.15) is 12.0 Å². The van der Waals surface area contributed by atoms with Gasteiger partial charge in [-0.15, -0.1) is 5.10 Å². The van der Waals surface area contributed by atoms with Crippen LogP contribution in [0.25, 0.3) is 5.69 Å². The fourth-order valence-corrected chi connectivity index (χ4v) is 1.04. The molecule has 0 radical (unpaired) electrons. The van der Waals surface area contributed by atoms with Crippen molar-refractivity contribution < 1.29 is 4.79 Å². The summed E-state index contributed by atoms with van der Waals surface area (Å²) in [7, 11) is 0. The summed E-state index contributed by atoms with van der Waals surface area (Å²) in [6.45, 7) is 0. The van der Waals surface area contributed by atoms with E-state index < -0.39 is 0 Å². The van der Waals surface area contributed by atoms with E-state index in [2.05, 4.69) is 15.1 Å². The number of nitrogens with one attached hydrogen (secondary N) is 1. The van der Waals surface area contributed by atoms with E-state index in [9.17, 15) is 9.59 Å². The van der Waals surface area contributed by atoms with Gasteiger partial charge in [-0.25, -0.2) is 9.67 Å². The molecular formula is C8H6N4O2. The average molecular weight is 190 g/mol. The molecule has 0 aliphatic heterocycles. The number of pyridine rings is 1. The zero-order valence-electron chi connectivity index (χ0n) is 7.04. The van der Waals surface area contributed by atoms with Gasteiger partial charge in [0, 0.05) is 6.20 Å². The standard InChI is InChI=1S/C8H6N4O2/c13-4-7-10-5-12(11-7)6-2-1-3-9-8(6)14/h1-5H,(H,9,14). The zero-order chi connectivity index (χ0) is 9.97. The van der Waals surface area contributed by atoms with E-state index in [4.69, 9.17) is 0 Å². The minimum Gasteiger partial charge on any atom is -0.327 e. The van der Waals surface area contributed by atoms with Crippen LogP contribution in [-0.2, 0) is 0 Å². The zero-order valence-corrected chi connectivity index (χ0v) is 7.04. The van der Waals surface area contributed by atoms with Gasteiger partial charge in [0.05, 0.1) is 0 Å². The minimum absolute atomic E-state index is 0.0493. The van der Waals surface area contributed by atoms with Gasteiger partial charge in [-0.05, 0) is 12.1 Å². The quantitative estimate of drug-likeness (QED) is 0.663. The van der Waals surface area contributed by atoms with Crippen LogP contribution in [0.4, 0.5) is 0 Å². The van der Waals surface area contributed by atoms with Crippen LogP contribution in [0.1, 0.15) is 10.6 Å². The molecule has 70 valence electrons. The molecule has 1 N–H and O–H groups in total. The topological polar surface area (TPSA) is 80.6 Å². The predicted octanol–water partition coefficient (Wildman–Crippen LogP) is -0.232. The Morgan fingerprint density at radius 1 is 1.50 bits per heavy atom. The molecule has 2 heterocycles. The molecule has 0 saturated heterocycles. The van der Waals surface area contributed by atoms with Gasteiger partial charge < -0.3 is 4.98 Å². The summed E-state index contributed by atoms with van der Waals surface area (Å²) < 4.78 is 1.25. The molecular weight excluding hydrogens is 184 g/mol. The highest BCUT2D eigenvalue weighted by Crippen LogP contribution is 1.96. The summed E-state index contributed by atoms with van der Waals surface area (Å²) in [6, 6.07) is 3.25. The summed E-state index contributed by atoms with van der Waals surface area (Å²) in [5.74, 6) is 0.0493. The molecule has 0 spiro atoms. The molecule has 0 aromatic carbocycles. The van der Waals surface area contributed by atoms with Gasteiger partial charge in [0.2, 0.25) is 5.82 Å². The van der Waals surface area contributed by atoms with Crippen molar-refractivity contribution in [3.05, 3.63) is 40.8 Å².